The molecule has 19 heavy (non-hydrogen) atoms. The van der Waals surface area contributed by atoms with Crippen LogP contribution >= 0.6 is 15.9 Å². The molecule has 0 radical (unpaired) electrons. The maximum atomic E-state index is 12.2. The van der Waals surface area contributed by atoms with Gasteiger partial charge in [-0.2, -0.15) is 0 Å². The number of benzene rings is 1. The zero-order valence-electron chi connectivity index (χ0n) is 10.5. The van der Waals surface area contributed by atoms with Gasteiger partial charge < -0.3 is 0 Å². The minimum atomic E-state index is -0.640. The summed E-state index contributed by atoms with van der Waals surface area (Å²) in [5.74, 6) is -1.30. The van der Waals surface area contributed by atoms with Crippen molar-refractivity contribution in [3.63, 3.8) is 0 Å². The van der Waals surface area contributed by atoms with Crippen LogP contribution in [0.5, 0.6) is 0 Å². The van der Waals surface area contributed by atoms with E-state index in [-0.39, 0.29) is 10.3 Å². The molecule has 1 aromatic carbocycles. The van der Waals surface area contributed by atoms with Gasteiger partial charge in [-0.1, -0.05) is 37.6 Å². The van der Waals surface area contributed by atoms with Crippen molar-refractivity contribution in [3.8, 4) is 0 Å². The number of hydrogen-bond donors (Lipinski definition) is 0. The van der Waals surface area contributed by atoms with E-state index < -0.39 is 11.6 Å². The number of unbranched alkanes of at least 4 members (excludes halogenated alkanes) is 1. The van der Waals surface area contributed by atoms with E-state index in [0.29, 0.717) is 23.1 Å². The summed E-state index contributed by atoms with van der Waals surface area (Å²) in [5, 5.41) is 0. The molecule has 0 spiro atoms. The van der Waals surface area contributed by atoms with Gasteiger partial charge in [0.15, 0.2) is 5.78 Å². The minimum absolute atomic E-state index is 0.0947. The van der Waals surface area contributed by atoms with Crippen molar-refractivity contribution >= 4 is 38.9 Å². The fraction of sp³-hybridized carbons (Fsp3) is 0.267. The monoisotopic (exact) mass is 320 g/mol. The first-order chi connectivity index (χ1) is 9.07. The van der Waals surface area contributed by atoms with E-state index in [4.69, 9.17) is 0 Å². The third-order valence-corrected chi connectivity index (χ3v) is 3.86. The van der Waals surface area contributed by atoms with Gasteiger partial charge in [-0.15, -0.1) is 0 Å². The van der Waals surface area contributed by atoms with Gasteiger partial charge in [0.1, 0.15) is 0 Å². The third-order valence-electron chi connectivity index (χ3n) is 3.10. The van der Waals surface area contributed by atoms with E-state index >= 15 is 0 Å². The number of Topliss-reactive ketones (excluding diaryl/α,β-unsaturated/α-hetero) is 3. The van der Waals surface area contributed by atoms with Crippen LogP contribution in [0.4, 0.5) is 0 Å². The van der Waals surface area contributed by atoms with Gasteiger partial charge in [-0.3, -0.25) is 14.4 Å². The number of rotatable bonds is 4. The Labute approximate surface area is 119 Å². The molecule has 0 heterocycles. The van der Waals surface area contributed by atoms with Crippen LogP contribution in [0.3, 0.4) is 0 Å². The van der Waals surface area contributed by atoms with E-state index in [1.165, 1.54) is 0 Å². The molecular formula is C15H13BrO3. The van der Waals surface area contributed by atoms with Crippen molar-refractivity contribution in [1.29, 1.82) is 0 Å². The fourth-order valence-corrected chi connectivity index (χ4v) is 2.70. The largest absolute Gasteiger partial charge is 0.294 e. The Morgan fingerprint density at radius 2 is 1.74 bits per heavy atom. The molecule has 0 amide bonds. The molecule has 0 fully saturated rings. The van der Waals surface area contributed by atoms with Crippen LogP contribution in [-0.4, -0.2) is 17.3 Å². The summed E-state index contributed by atoms with van der Waals surface area (Å²) < 4.78 is 0.0947. The molecule has 0 saturated heterocycles. The van der Waals surface area contributed by atoms with Gasteiger partial charge in [-0.05, 0) is 27.9 Å². The summed E-state index contributed by atoms with van der Waals surface area (Å²) in [6.45, 7) is 2.00. The lowest BCUT2D eigenvalue weighted by molar-refractivity contribution is -0.115. The maximum absolute atomic E-state index is 12.2. The standard InChI is InChI=1S/C15H13BrO3/c1-2-3-8-11(17)12-9-6-4-5-7-10(9)14(18)15(19)13(12)16/h4-7H,2-3,8H2,1H3. The Hall–Kier alpha value is -1.55. The lowest BCUT2D eigenvalue weighted by atomic mass is 9.86. The Kier molecular flexibility index (Phi) is 4.10. The van der Waals surface area contributed by atoms with Crippen molar-refractivity contribution in [2.75, 3.05) is 0 Å². The average molecular weight is 321 g/mol. The van der Waals surface area contributed by atoms with E-state index in [1.807, 2.05) is 6.92 Å². The molecule has 2 rings (SSSR count). The highest BCUT2D eigenvalue weighted by atomic mass is 79.9. The number of ketones is 3. The van der Waals surface area contributed by atoms with E-state index in [0.717, 1.165) is 12.8 Å². The highest BCUT2D eigenvalue weighted by Gasteiger charge is 2.33. The van der Waals surface area contributed by atoms with Gasteiger partial charge in [0.25, 0.3) is 0 Å². The second-order valence-electron chi connectivity index (χ2n) is 4.42. The summed E-state index contributed by atoms with van der Waals surface area (Å²) in [5.41, 5.74) is 1.21. The van der Waals surface area contributed by atoms with E-state index in [9.17, 15) is 14.4 Å². The van der Waals surface area contributed by atoms with Crippen LogP contribution in [-0.2, 0) is 9.59 Å². The van der Waals surface area contributed by atoms with Crippen LogP contribution in [0.1, 0.15) is 42.1 Å². The van der Waals surface area contributed by atoms with Gasteiger partial charge in [-0.25, -0.2) is 0 Å². The number of hydrogen-bond acceptors (Lipinski definition) is 3. The number of carbonyl (C=O) groups is 3. The molecule has 0 N–H and O–H groups in total. The first-order valence-corrected chi connectivity index (χ1v) is 6.98. The smallest absolute Gasteiger partial charge is 0.241 e. The molecule has 3 nitrogen and oxygen atoms in total. The van der Waals surface area contributed by atoms with Crippen molar-refractivity contribution in [2.45, 2.75) is 26.2 Å². The minimum Gasteiger partial charge on any atom is -0.294 e. The molecule has 0 atom stereocenters. The number of carbonyl (C=O) groups excluding carboxylic acids is 3. The molecule has 1 aliphatic carbocycles. The van der Waals surface area contributed by atoms with Crippen molar-refractivity contribution in [1.82, 2.24) is 0 Å². The highest BCUT2D eigenvalue weighted by Crippen LogP contribution is 2.34. The van der Waals surface area contributed by atoms with Crippen LogP contribution < -0.4 is 0 Å². The average Bonchev–Trinajstić information content (AvgIpc) is 2.43. The Bertz CT molecular complexity index is 599. The van der Waals surface area contributed by atoms with Crippen LogP contribution in [0, 0.1) is 0 Å². The zero-order valence-corrected chi connectivity index (χ0v) is 12.1. The third kappa shape index (κ3) is 2.45. The van der Waals surface area contributed by atoms with Crippen molar-refractivity contribution < 1.29 is 14.4 Å². The second-order valence-corrected chi connectivity index (χ2v) is 5.21. The SMILES string of the molecule is CCCCC(=O)C1=C(Br)C(=O)C(=O)c2ccccc21. The van der Waals surface area contributed by atoms with Crippen molar-refractivity contribution in [3.05, 3.63) is 39.9 Å². The summed E-state index contributed by atoms with van der Waals surface area (Å²) in [6, 6.07) is 6.74. The second kappa shape index (κ2) is 5.61. The summed E-state index contributed by atoms with van der Waals surface area (Å²) in [7, 11) is 0. The van der Waals surface area contributed by atoms with E-state index in [1.54, 1.807) is 24.3 Å². The Balaban J connectivity index is 2.54. The molecule has 0 unspecified atom stereocenters. The summed E-state index contributed by atoms with van der Waals surface area (Å²) in [6.07, 6.45) is 2.06. The normalized spacial score (nSPS) is 14.6. The molecule has 0 saturated carbocycles. The van der Waals surface area contributed by atoms with Crippen molar-refractivity contribution in [2.24, 2.45) is 0 Å². The molecule has 1 aromatic rings. The molecule has 0 aromatic heterocycles. The predicted molar refractivity (Wildman–Crippen MR) is 76.2 cm³/mol. The fourth-order valence-electron chi connectivity index (χ4n) is 2.09. The number of allylic oxidation sites excluding steroid dienone is 2. The van der Waals surface area contributed by atoms with Gasteiger partial charge in [0, 0.05) is 17.6 Å². The number of fused-ring (bicyclic) bond motifs is 1. The van der Waals surface area contributed by atoms with E-state index in [2.05, 4.69) is 15.9 Å². The zero-order chi connectivity index (χ0) is 14.0. The lowest BCUT2D eigenvalue weighted by Gasteiger charge is -2.17. The van der Waals surface area contributed by atoms with Crippen LogP contribution in [0.15, 0.2) is 28.7 Å². The molecule has 0 aliphatic heterocycles. The molecule has 1 aliphatic rings. The lowest BCUT2D eigenvalue weighted by Crippen LogP contribution is -2.24. The topological polar surface area (TPSA) is 51.2 Å². The Morgan fingerprint density at radius 3 is 2.37 bits per heavy atom. The highest BCUT2D eigenvalue weighted by molar-refractivity contribution is 9.12. The quantitative estimate of drug-likeness (QED) is 0.800. The summed E-state index contributed by atoms with van der Waals surface area (Å²) in [4.78, 5) is 36.0. The first-order valence-electron chi connectivity index (χ1n) is 6.19. The molecular weight excluding hydrogens is 308 g/mol. The number of halogens is 1. The van der Waals surface area contributed by atoms with Crippen LogP contribution in [0.25, 0.3) is 5.57 Å². The molecule has 0 bridgehead atoms. The maximum Gasteiger partial charge on any atom is 0.241 e. The molecule has 98 valence electrons. The summed E-state index contributed by atoms with van der Waals surface area (Å²) >= 11 is 3.11. The Morgan fingerprint density at radius 1 is 1.11 bits per heavy atom. The first kappa shape index (κ1) is 13.9. The van der Waals surface area contributed by atoms with Crippen LogP contribution in [0.2, 0.25) is 0 Å². The predicted octanol–water partition coefficient (Wildman–Crippen LogP) is 3.32. The van der Waals surface area contributed by atoms with Gasteiger partial charge in [0.2, 0.25) is 11.6 Å². The van der Waals surface area contributed by atoms with Gasteiger partial charge >= 0.3 is 0 Å². The van der Waals surface area contributed by atoms with Gasteiger partial charge in [0.05, 0.1) is 4.48 Å². The molecule has 4 heteroatoms.